The van der Waals surface area contributed by atoms with Gasteiger partial charge < -0.3 is 38.0 Å². The molecule has 0 unspecified atom stereocenters. The van der Waals surface area contributed by atoms with Crippen LogP contribution in [0.25, 0.3) is 77.9 Å². The molecule has 746 valence electrons. The molecular weight excluding hydrogens is 1870 g/mol. The lowest BCUT2D eigenvalue weighted by atomic mass is 9.43. The fourth-order valence-electron chi connectivity index (χ4n) is 34.9. The summed E-state index contributed by atoms with van der Waals surface area (Å²) in [6, 6.07) is 97.7. The normalized spacial score (nSPS) is 32.4. The lowest BCUT2D eigenvalue weighted by Crippen LogP contribution is -2.55. The van der Waals surface area contributed by atoms with E-state index >= 15 is 0 Å². The van der Waals surface area contributed by atoms with Crippen LogP contribution >= 0.6 is 46.4 Å². The summed E-state index contributed by atoms with van der Waals surface area (Å²) in [5, 5.41) is 20.4. The summed E-state index contributed by atoms with van der Waals surface area (Å²) in [4.78, 5) is 0. The first-order valence-corrected chi connectivity index (χ1v) is 57.0. The second-order valence-corrected chi connectivity index (χ2v) is 53.0. The first-order valence-electron chi connectivity index (χ1n) is 55.5. The molecule has 35 rings (SSSR count). The highest BCUT2D eigenvalue weighted by Crippen LogP contribution is 2.75. The third kappa shape index (κ3) is 15.3. The van der Waals surface area contributed by atoms with Crippen LogP contribution in [0, 0.1) is 94.7 Å². The zero-order chi connectivity index (χ0) is 100. The lowest BCUT2D eigenvalue weighted by molar-refractivity contribution is -0.0399. The molecule has 23 aliphatic rings. The van der Waals surface area contributed by atoms with Gasteiger partial charge in [-0.3, -0.25) is 0 Å². The monoisotopic (exact) mass is 2010 g/mol. The molecule has 0 aromatic heterocycles. The molecule has 146 heavy (non-hydrogen) atoms. The lowest BCUT2D eigenvalue weighted by Gasteiger charge is -2.61. The van der Waals surface area contributed by atoms with Crippen LogP contribution in [-0.4, -0.2) is 71.9 Å². The minimum atomic E-state index is -1.41. The second-order valence-electron chi connectivity index (χ2n) is 51.2. The van der Waals surface area contributed by atoms with Crippen LogP contribution in [0.2, 0.25) is 20.1 Å². The SMILES string of the molecule is CC1(C)OB(B2OC(C)(C)C(C)(C)O2)OC1(C)C.CC1(C)OB(c2ccc(-c3ccc4c(c3)C3(c5ccccc5-4)C4CC5CC(C4)CC3C5)cc2)OC1(C)C.Clc1ccc(-c2ccc3c(c2)C2(c4ccccc4-3)C3CC4CC(C3)CC2C4)cc1.Clc1ccc(-c2ccc3c(c2)C2(c4ccccc4-3)C3CC4CC(C3)CC2C4)cc1.Clc1ccc2c(c1)C1(c3ccccc3-2)C2CC3CC(C2)CC1C3.OB(O)c1ccc(Cl)cc1. The van der Waals surface area contributed by atoms with Crippen molar-refractivity contribution in [3.05, 3.63) is 332 Å². The molecule has 0 radical (unpaired) electrons. The Balaban J connectivity index is 0.0000000919. The summed E-state index contributed by atoms with van der Waals surface area (Å²) in [6.45, 7) is 24.7. The van der Waals surface area contributed by atoms with Gasteiger partial charge in [-0.15, -0.1) is 0 Å². The summed E-state index contributed by atoms with van der Waals surface area (Å²) < 4.78 is 36.4. The molecule has 8 nitrogen and oxygen atoms in total. The van der Waals surface area contributed by atoms with Crippen molar-refractivity contribution in [3.8, 4) is 77.9 Å². The van der Waals surface area contributed by atoms with Gasteiger partial charge in [-0.2, -0.15) is 0 Å². The fourth-order valence-corrected chi connectivity index (χ4v) is 35.4. The van der Waals surface area contributed by atoms with Gasteiger partial charge in [0, 0.05) is 41.8 Å². The van der Waals surface area contributed by atoms with Gasteiger partial charge in [-0.05, 0) is 506 Å². The van der Waals surface area contributed by atoms with Crippen molar-refractivity contribution in [2.24, 2.45) is 94.7 Å². The molecule has 16 saturated carbocycles. The van der Waals surface area contributed by atoms with E-state index in [0.717, 1.165) is 115 Å². The van der Waals surface area contributed by atoms with E-state index in [9.17, 15) is 0 Å². The van der Waals surface area contributed by atoms with Gasteiger partial charge in [-0.1, -0.05) is 247 Å². The Kier molecular flexibility index (Phi) is 23.8. The minimum absolute atomic E-state index is 0.220. The van der Waals surface area contributed by atoms with Crippen LogP contribution < -0.4 is 10.9 Å². The zero-order valence-electron chi connectivity index (χ0n) is 86.9. The van der Waals surface area contributed by atoms with E-state index in [0.29, 0.717) is 10.5 Å². The van der Waals surface area contributed by atoms with E-state index in [1.54, 1.807) is 68.8 Å². The Bertz CT molecular complexity index is 6710. The highest BCUT2D eigenvalue weighted by Gasteiger charge is 2.69. The second kappa shape index (κ2) is 35.7. The van der Waals surface area contributed by atoms with Crippen molar-refractivity contribution in [3.63, 3.8) is 0 Å². The molecule has 16 heteroatoms. The average Bonchev–Trinajstić information content (AvgIpc) is 1.51. The smallest absolute Gasteiger partial charge is 0.423 e. The number of fused-ring (bicyclic) bond motifs is 12. The number of benzene rings is 12. The molecule has 4 spiro atoms. The molecular formula is C130H138B4Cl4O8. The molecule has 0 atom stereocenters. The summed E-state index contributed by atoms with van der Waals surface area (Å²) in [5.74, 6) is 14.4. The van der Waals surface area contributed by atoms with Crippen LogP contribution in [0.15, 0.2) is 267 Å². The Morgan fingerprint density at radius 2 is 0.425 bits per heavy atom. The molecule has 20 aliphatic carbocycles. The van der Waals surface area contributed by atoms with Crippen molar-refractivity contribution >= 4 is 85.6 Å². The van der Waals surface area contributed by atoms with E-state index in [4.69, 9.17) is 84.4 Å². The third-order valence-electron chi connectivity index (χ3n) is 42.2. The van der Waals surface area contributed by atoms with Crippen molar-refractivity contribution in [2.45, 2.75) is 267 Å². The number of halogens is 4. The Morgan fingerprint density at radius 3 is 0.685 bits per heavy atom. The van der Waals surface area contributed by atoms with E-state index in [1.807, 2.05) is 79.7 Å². The predicted octanol–water partition coefficient (Wildman–Crippen LogP) is 31.2. The van der Waals surface area contributed by atoms with Crippen molar-refractivity contribution < 1.29 is 38.0 Å². The first kappa shape index (κ1) is 97.2. The Hall–Kier alpha value is -8.26. The van der Waals surface area contributed by atoms with Gasteiger partial charge in [0.15, 0.2) is 0 Å². The molecule has 12 aromatic rings. The van der Waals surface area contributed by atoms with E-state index < -0.39 is 21.1 Å². The van der Waals surface area contributed by atoms with E-state index in [2.05, 4.69) is 246 Å². The van der Waals surface area contributed by atoms with Gasteiger partial charge in [0.2, 0.25) is 0 Å². The fraction of sp³-hybridized carbons (Fsp3) is 0.446. The Labute approximate surface area is 887 Å². The molecule has 0 amide bonds. The van der Waals surface area contributed by atoms with Gasteiger partial charge in [-0.25, -0.2) is 0 Å². The molecule has 2 N–H and O–H groups in total. The van der Waals surface area contributed by atoms with Crippen LogP contribution in [0.4, 0.5) is 0 Å². The van der Waals surface area contributed by atoms with E-state index in [1.165, 1.54) is 206 Å². The topological polar surface area (TPSA) is 95.8 Å². The van der Waals surface area contributed by atoms with Gasteiger partial charge in [0.05, 0.1) is 33.6 Å². The molecule has 12 aromatic carbocycles. The number of hydrogen-bond donors (Lipinski definition) is 2. The van der Waals surface area contributed by atoms with Crippen LogP contribution in [0.1, 0.15) is 256 Å². The summed E-state index contributed by atoms with van der Waals surface area (Å²) in [5.41, 5.74) is 33.1. The molecule has 3 saturated heterocycles. The molecule has 3 heterocycles. The molecule has 19 fully saturated rings. The summed E-state index contributed by atoms with van der Waals surface area (Å²) >= 11 is 24.3. The van der Waals surface area contributed by atoms with Gasteiger partial charge in [0.1, 0.15) is 0 Å². The van der Waals surface area contributed by atoms with Crippen molar-refractivity contribution in [1.82, 2.24) is 0 Å². The highest BCUT2D eigenvalue weighted by molar-refractivity contribution is 7.11. The van der Waals surface area contributed by atoms with E-state index in [-0.39, 0.29) is 62.4 Å². The maximum Gasteiger partial charge on any atom is 0.494 e. The minimum Gasteiger partial charge on any atom is -0.423 e. The molecule has 16 bridgehead atoms. The van der Waals surface area contributed by atoms with Crippen LogP contribution in [-0.2, 0) is 49.6 Å². The summed E-state index contributed by atoms with van der Waals surface area (Å²) in [6.07, 6.45) is 28.9. The quantitative estimate of drug-likeness (QED) is 0.159. The van der Waals surface area contributed by atoms with Gasteiger partial charge >= 0.3 is 28.3 Å². The van der Waals surface area contributed by atoms with Crippen LogP contribution in [0.3, 0.4) is 0 Å². The maximum absolute atomic E-state index is 8.63. The average molecular weight is 2010 g/mol. The van der Waals surface area contributed by atoms with Gasteiger partial charge in [0.25, 0.3) is 0 Å². The van der Waals surface area contributed by atoms with Crippen molar-refractivity contribution in [2.75, 3.05) is 0 Å². The number of rotatable bonds is 6. The van der Waals surface area contributed by atoms with Crippen LogP contribution in [0.5, 0.6) is 0 Å². The molecule has 3 aliphatic heterocycles. The largest absolute Gasteiger partial charge is 0.494 e. The number of hydrogen-bond acceptors (Lipinski definition) is 8. The standard InChI is InChI=1S/C34H37BO2.2C28H25Cl.C22H21Cl.C12H24B2O4.C6H6BClO2/c1-32(2)33(3,4)37-35(36-32)27-12-9-23(10-13-27)24-11-14-29-28-7-5-6-8-30(28)34(31(29)20-24)25-16-21-15-22(18-25)19-26(34)17-21;2*29-23-8-5-19(6-9-23)20-7-10-25-24-3-1-2-4-26(24)28(27(25)16-20)21-12-17-11-18(14-21)15-22(28)13-17;23-17-5-6-19-18-3-1-2-4-20(18)22(21(19)12-17)15-8-13-7-14(10-15)11-16(22)9-13;1-9(2)10(3,4)16-13(15-9)14-17-11(5,6)12(7,8)18-14;8-6-3-1-5(2-4-6)7(9)10/h5-14,20-22,25-26H,15-19H2,1-4H3;2*1-10,16-18,21-22H,11-15H2;1-6,12-16H,7-11H2;1-8H3;1-4,9-10H. The van der Waals surface area contributed by atoms with Crippen molar-refractivity contribution in [1.29, 1.82) is 0 Å². The Morgan fingerprint density at radius 1 is 0.219 bits per heavy atom. The zero-order valence-corrected chi connectivity index (χ0v) is 90.0. The predicted molar refractivity (Wildman–Crippen MR) is 599 cm³/mol. The maximum atomic E-state index is 8.63. The first-order chi connectivity index (χ1) is 70.1. The summed E-state index contributed by atoms with van der Waals surface area (Å²) in [7, 11) is -2.67. The third-order valence-corrected chi connectivity index (χ3v) is 43.2. The highest BCUT2D eigenvalue weighted by atomic mass is 35.5.